The lowest BCUT2D eigenvalue weighted by Gasteiger charge is -2.25. The number of hydrogen-bond acceptors (Lipinski definition) is 7. The molecule has 0 saturated heterocycles. The van der Waals surface area contributed by atoms with E-state index in [0.717, 1.165) is 5.56 Å². The minimum Gasteiger partial charge on any atom is -0.480 e. The van der Waals surface area contributed by atoms with Crippen LogP contribution < -0.4 is 10.2 Å². The highest BCUT2D eigenvalue weighted by atomic mass is 35.5. The number of nitrogens with zero attached hydrogens (tertiary/aromatic N) is 1. The number of nitrogens with one attached hydrogen (secondary N) is 1. The third-order valence-corrected chi connectivity index (χ3v) is 6.99. The topological polar surface area (TPSA) is 131 Å². The van der Waals surface area contributed by atoms with Gasteiger partial charge in [-0.1, -0.05) is 29.8 Å². The number of carboxylic acids is 1. The van der Waals surface area contributed by atoms with Crippen molar-refractivity contribution in [2.45, 2.75) is 32.8 Å². The standard InChI is InChI=1S/C31H31ClN2O8/c1-19-6-3-4-7-23(19)30(38)33-22-10-11-24(20(2)14-22)31(39)34-13-5-8-27(25-15-21(32)9-12-26(25)34)41-18-42-29(37)17-40-16-28(35)36/h3-4,6-7,9-12,14-15,27H,5,8,13,16-18H2,1-2H3,(H,33,38)(H,35,36). The van der Waals surface area contributed by atoms with E-state index in [2.05, 4.69) is 5.32 Å². The number of hydrogen-bond donors (Lipinski definition) is 2. The molecule has 3 aromatic carbocycles. The number of carboxylic acid groups (broad SMARTS) is 1. The van der Waals surface area contributed by atoms with Gasteiger partial charge in [0.25, 0.3) is 11.8 Å². The molecular weight excluding hydrogens is 564 g/mol. The molecule has 1 unspecified atom stereocenters. The van der Waals surface area contributed by atoms with Gasteiger partial charge < -0.3 is 29.5 Å². The van der Waals surface area contributed by atoms with Crippen LogP contribution in [0.1, 0.15) is 56.4 Å². The van der Waals surface area contributed by atoms with Crippen LogP contribution in [0.5, 0.6) is 0 Å². The lowest BCUT2D eigenvalue weighted by Crippen LogP contribution is -2.32. The fourth-order valence-electron chi connectivity index (χ4n) is 4.72. The Morgan fingerprint density at radius 3 is 2.50 bits per heavy atom. The number of halogens is 1. The van der Waals surface area contributed by atoms with E-state index in [1.54, 1.807) is 47.4 Å². The summed E-state index contributed by atoms with van der Waals surface area (Å²) in [5.74, 6) is -2.40. The Morgan fingerprint density at radius 2 is 1.76 bits per heavy atom. The summed E-state index contributed by atoms with van der Waals surface area (Å²) in [6, 6.07) is 17.7. The summed E-state index contributed by atoms with van der Waals surface area (Å²) in [4.78, 5) is 50.6. The molecule has 0 radical (unpaired) electrons. The summed E-state index contributed by atoms with van der Waals surface area (Å²) in [6.45, 7) is 2.60. The first-order valence-electron chi connectivity index (χ1n) is 13.3. The molecule has 0 fully saturated rings. The van der Waals surface area contributed by atoms with Gasteiger partial charge in [-0.3, -0.25) is 9.59 Å². The molecule has 10 nitrogen and oxygen atoms in total. The Labute approximate surface area is 248 Å². The van der Waals surface area contributed by atoms with E-state index in [4.69, 9.17) is 30.9 Å². The van der Waals surface area contributed by atoms with Gasteiger partial charge in [-0.05, 0) is 80.3 Å². The summed E-state index contributed by atoms with van der Waals surface area (Å²) >= 11 is 6.30. The van der Waals surface area contributed by atoms with Crippen molar-refractivity contribution in [3.8, 4) is 0 Å². The first-order chi connectivity index (χ1) is 20.1. The predicted molar refractivity (Wildman–Crippen MR) is 156 cm³/mol. The maximum atomic E-state index is 13.8. The van der Waals surface area contributed by atoms with Crippen molar-refractivity contribution >= 4 is 46.7 Å². The van der Waals surface area contributed by atoms with Gasteiger partial charge >= 0.3 is 11.9 Å². The Bertz CT molecular complexity index is 1490. The highest BCUT2D eigenvalue weighted by Crippen LogP contribution is 2.38. The van der Waals surface area contributed by atoms with Gasteiger partial charge in [0, 0.05) is 39.6 Å². The number of fused-ring (bicyclic) bond motifs is 1. The molecule has 0 saturated carbocycles. The molecule has 0 bridgehead atoms. The zero-order valence-electron chi connectivity index (χ0n) is 23.2. The molecule has 3 aromatic rings. The van der Waals surface area contributed by atoms with Gasteiger partial charge in [-0.2, -0.15) is 0 Å². The third-order valence-electron chi connectivity index (χ3n) is 6.76. The number of esters is 1. The molecule has 1 aliphatic heterocycles. The molecular formula is C31H31ClN2O8. The average Bonchev–Trinajstić information content (AvgIpc) is 3.12. The van der Waals surface area contributed by atoms with Crippen LogP contribution in [0.25, 0.3) is 0 Å². The van der Waals surface area contributed by atoms with Crippen molar-refractivity contribution < 1.29 is 38.5 Å². The summed E-state index contributed by atoms with van der Waals surface area (Å²) in [5.41, 5.74) is 4.51. The highest BCUT2D eigenvalue weighted by molar-refractivity contribution is 6.30. The van der Waals surface area contributed by atoms with Crippen molar-refractivity contribution in [3.63, 3.8) is 0 Å². The molecule has 2 amide bonds. The molecule has 1 atom stereocenters. The van der Waals surface area contributed by atoms with E-state index in [1.165, 1.54) is 0 Å². The minimum atomic E-state index is -1.19. The zero-order chi connectivity index (χ0) is 30.2. The second kappa shape index (κ2) is 14.1. The van der Waals surface area contributed by atoms with Crippen LogP contribution in [0.3, 0.4) is 0 Å². The second-order valence-corrected chi connectivity index (χ2v) is 10.2. The van der Waals surface area contributed by atoms with Gasteiger partial charge in [0.2, 0.25) is 0 Å². The lowest BCUT2D eigenvalue weighted by molar-refractivity contribution is -0.167. The van der Waals surface area contributed by atoms with Crippen molar-refractivity contribution in [2.75, 3.05) is 36.8 Å². The summed E-state index contributed by atoms with van der Waals surface area (Å²) in [5, 5.41) is 12.0. The Kier molecular flexibility index (Phi) is 10.3. The Morgan fingerprint density at radius 1 is 0.976 bits per heavy atom. The summed E-state index contributed by atoms with van der Waals surface area (Å²) in [7, 11) is 0. The second-order valence-electron chi connectivity index (χ2n) is 9.78. The van der Waals surface area contributed by atoms with Crippen LogP contribution in [0.4, 0.5) is 11.4 Å². The quantitative estimate of drug-likeness (QED) is 0.238. The zero-order valence-corrected chi connectivity index (χ0v) is 24.0. The van der Waals surface area contributed by atoms with Crippen LogP contribution in [-0.2, 0) is 23.8 Å². The maximum absolute atomic E-state index is 13.8. The fourth-order valence-corrected chi connectivity index (χ4v) is 4.90. The van der Waals surface area contributed by atoms with E-state index in [-0.39, 0.29) is 18.6 Å². The van der Waals surface area contributed by atoms with E-state index in [0.29, 0.717) is 58.0 Å². The van der Waals surface area contributed by atoms with Gasteiger partial charge in [0.15, 0.2) is 6.79 Å². The van der Waals surface area contributed by atoms with E-state index >= 15 is 0 Å². The predicted octanol–water partition coefficient (Wildman–Crippen LogP) is 5.31. The first kappa shape index (κ1) is 30.7. The summed E-state index contributed by atoms with van der Waals surface area (Å²) < 4.78 is 15.6. The number of carbonyl (C=O) groups is 4. The summed E-state index contributed by atoms with van der Waals surface area (Å²) in [6.07, 6.45) is 0.624. The molecule has 0 aliphatic carbocycles. The van der Waals surface area contributed by atoms with Gasteiger partial charge in [-0.15, -0.1) is 0 Å². The Hall–Kier alpha value is -4.25. The van der Waals surface area contributed by atoms with Gasteiger partial charge in [0.1, 0.15) is 13.2 Å². The molecule has 0 spiro atoms. The molecule has 220 valence electrons. The average molecular weight is 595 g/mol. The molecule has 11 heteroatoms. The number of carbonyl (C=O) groups excluding carboxylic acids is 3. The van der Waals surface area contributed by atoms with E-state index < -0.39 is 31.3 Å². The molecule has 0 aromatic heterocycles. The number of rotatable bonds is 10. The normalized spacial score (nSPS) is 14.5. The van der Waals surface area contributed by atoms with E-state index in [9.17, 15) is 19.2 Å². The van der Waals surface area contributed by atoms with Crippen LogP contribution in [0, 0.1) is 13.8 Å². The number of benzene rings is 3. The number of aryl methyl sites for hydroxylation is 2. The molecule has 1 heterocycles. The fraction of sp³-hybridized carbons (Fsp3) is 0.290. The monoisotopic (exact) mass is 594 g/mol. The number of amides is 2. The number of aliphatic carboxylic acids is 1. The number of anilines is 2. The van der Waals surface area contributed by atoms with Crippen LogP contribution in [-0.4, -0.2) is 55.4 Å². The van der Waals surface area contributed by atoms with Crippen LogP contribution in [0.15, 0.2) is 60.7 Å². The van der Waals surface area contributed by atoms with Crippen molar-refractivity contribution in [1.29, 1.82) is 0 Å². The Balaban J connectivity index is 1.47. The van der Waals surface area contributed by atoms with Crippen molar-refractivity contribution in [2.24, 2.45) is 0 Å². The third kappa shape index (κ3) is 7.73. The molecule has 42 heavy (non-hydrogen) atoms. The largest absolute Gasteiger partial charge is 0.480 e. The van der Waals surface area contributed by atoms with Crippen LogP contribution >= 0.6 is 11.6 Å². The maximum Gasteiger partial charge on any atom is 0.334 e. The lowest BCUT2D eigenvalue weighted by atomic mass is 10.0. The SMILES string of the molecule is Cc1ccccc1C(=O)Nc1ccc(C(=O)N2CCCC(OCOC(=O)COCC(=O)O)c3cc(Cl)ccc32)c(C)c1. The molecule has 2 N–H and O–H groups in total. The van der Waals surface area contributed by atoms with Crippen molar-refractivity contribution in [1.82, 2.24) is 0 Å². The molecule has 1 aliphatic rings. The smallest absolute Gasteiger partial charge is 0.334 e. The highest BCUT2D eigenvalue weighted by Gasteiger charge is 2.29. The van der Waals surface area contributed by atoms with E-state index in [1.807, 2.05) is 32.0 Å². The van der Waals surface area contributed by atoms with Crippen LogP contribution in [0.2, 0.25) is 5.02 Å². The number of ether oxygens (including phenoxy) is 3. The van der Waals surface area contributed by atoms with Gasteiger partial charge in [-0.25, -0.2) is 9.59 Å². The van der Waals surface area contributed by atoms with Gasteiger partial charge in [0.05, 0.1) is 6.10 Å². The minimum absolute atomic E-state index is 0.212. The molecule has 4 rings (SSSR count). The van der Waals surface area contributed by atoms with Crippen molar-refractivity contribution in [3.05, 3.63) is 93.5 Å². The first-order valence-corrected chi connectivity index (χ1v) is 13.7.